The number of aldehydes is 1. The molecule has 0 aliphatic heterocycles. The number of imidazole rings is 1. The zero-order valence-corrected chi connectivity index (χ0v) is 22.3. The van der Waals surface area contributed by atoms with Crippen molar-refractivity contribution >= 4 is 40.9 Å². The van der Waals surface area contributed by atoms with Crippen LogP contribution in [0.1, 0.15) is 24.2 Å². The maximum absolute atomic E-state index is 14.8. The van der Waals surface area contributed by atoms with Gasteiger partial charge in [-0.1, -0.05) is 11.6 Å². The van der Waals surface area contributed by atoms with Crippen molar-refractivity contribution in [2.24, 2.45) is 0 Å². The summed E-state index contributed by atoms with van der Waals surface area (Å²) in [4.78, 5) is 29.8. The predicted octanol–water partition coefficient (Wildman–Crippen LogP) is 4.95. The number of hydrogen-bond acceptors (Lipinski definition) is 8. The van der Waals surface area contributed by atoms with E-state index in [2.05, 4.69) is 20.6 Å². The molecular formula is C27H25ClF2N6O4. The maximum Gasteiger partial charge on any atom is 0.252 e. The molecule has 2 heterocycles. The standard InChI is InChI=1S/C25H21ClF2N6O3.C2H4O/c1-2-36-12-9-31-25(35)16-4-3-15(13-18(16)26)33-23-24-32-14-19(34(24)10-8-30-23)17-5-6-20(37-11-7-29)22(28)21(17)27;1-2-3/h3-6,8,10,13-14H,2,9,11-12H2,1H3,(H,30,33)(H,31,35);2H,1H3. The Hall–Kier alpha value is -4.60. The molecule has 0 atom stereocenters. The monoisotopic (exact) mass is 570 g/mol. The molecule has 13 heteroatoms. The molecule has 0 bridgehead atoms. The van der Waals surface area contributed by atoms with Gasteiger partial charge < -0.3 is 24.9 Å². The van der Waals surface area contributed by atoms with Gasteiger partial charge >= 0.3 is 0 Å². The number of benzene rings is 2. The van der Waals surface area contributed by atoms with E-state index in [1.807, 2.05) is 6.92 Å². The van der Waals surface area contributed by atoms with E-state index in [1.54, 1.807) is 34.9 Å². The predicted molar refractivity (Wildman–Crippen MR) is 145 cm³/mol. The summed E-state index contributed by atoms with van der Waals surface area (Å²) in [5, 5.41) is 14.6. The van der Waals surface area contributed by atoms with Gasteiger partial charge in [0.2, 0.25) is 5.82 Å². The number of fused-ring (bicyclic) bond motifs is 1. The SMILES string of the molecule is CC=O.CCOCCNC(=O)c1ccc(Nc2nccn3c(-c4ccc(OCC#N)c(F)c4F)cnc23)cc1Cl. The molecule has 0 aliphatic rings. The second kappa shape index (κ2) is 14.5. The molecule has 0 fully saturated rings. The van der Waals surface area contributed by atoms with Crippen molar-refractivity contribution in [2.45, 2.75) is 13.8 Å². The smallest absolute Gasteiger partial charge is 0.252 e. The molecule has 208 valence electrons. The Labute approximate surface area is 233 Å². The van der Waals surface area contributed by atoms with Crippen molar-refractivity contribution in [3.8, 4) is 23.1 Å². The number of amides is 1. The van der Waals surface area contributed by atoms with E-state index in [9.17, 15) is 13.6 Å². The highest BCUT2D eigenvalue weighted by molar-refractivity contribution is 6.34. The summed E-state index contributed by atoms with van der Waals surface area (Å²) in [5.74, 6) is -2.69. The quantitative estimate of drug-likeness (QED) is 0.202. The van der Waals surface area contributed by atoms with Crippen molar-refractivity contribution in [1.82, 2.24) is 19.7 Å². The lowest BCUT2D eigenvalue weighted by atomic mass is 10.1. The number of hydrogen-bond donors (Lipinski definition) is 2. The zero-order chi connectivity index (χ0) is 29.1. The minimum Gasteiger partial charge on any atom is -0.476 e. The number of carbonyl (C=O) groups is 2. The fourth-order valence-electron chi connectivity index (χ4n) is 3.55. The van der Waals surface area contributed by atoms with Crippen LogP contribution in [0, 0.1) is 23.0 Å². The molecule has 1 amide bonds. The Bertz CT molecular complexity index is 1540. The Balaban J connectivity index is 0.00000141. The van der Waals surface area contributed by atoms with E-state index in [0.717, 1.165) is 6.29 Å². The zero-order valence-electron chi connectivity index (χ0n) is 21.6. The Morgan fingerprint density at radius 2 is 2.00 bits per heavy atom. The van der Waals surface area contributed by atoms with Gasteiger partial charge in [0.15, 0.2) is 29.6 Å². The van der Waals surface area contributed by atoms with Crippen LogP contribution in [0.3, 0.4) is 0 Å². The number of nitrogens with one attached hydrogen (secondary N) is 2. The molecule has 4 aromatic rings. The molecule has 2 aromatic heterocycles. The molecule has 2 aromatic carbocycles. The molecule has 4 rings (SSSR count). The molecule has 10 nitrogen and oxygen atoms in total. The van der Waals surface area contributed by atoms with E-state index in [-0.39, 0.29) is 27.9 Å². The average Bonchev–Trinajstić information content (AvgIpc) is 3.37. The first-order valence-corrected chi connectivity index (χ1v) is 12.4. The molecule has 40 heavy (non-hydrogen) atoms. The minimum atomic E-state index is -1.20. The fraction of sp³-hybridized carbons (Fsp3) is 0.222. The highest BCUT2D eigenvalue weighted by atomic mass is 35.5. The highest BCUT2D eigenvalue weighted by Gasteiger charge is 2.20. The molecule has 0 radical (unpaired) electrons. The van der Waals surface area contributed by atoms with Gasteiger partial charge in [-0.25, -0.2) is 14.4 Å². The minimum absolute atomic E-state index is 0.0470. The topological polar surface area (TPSA) is 131 Å². The Morgan fingerprint density at radius 1 is 1.23 bits per heavy atom. The molecule has 0 unspecified atom stereocenters. The van der Waals surface area contributed by atoms with E-state index < -0.39 is 18.2 Å². The van der Waals surface area contributed by atoms with Crippen molar-refractivity contribution in [3.63, 3.8) is 0 Å². The number of nitrogens with zero attached hydrogens (tertiary/aromatic N) is 4. The summed E-state index contributed by atoms with van der Waals surface area (Å²) in [6.07, 6.45) is 5.17. The first-order valence-electron chi connectivity index (χ1n) is 12.0. The second-order valence-electron chi connectivity index (χ2n) is 7.81. The third kappa shape index (κ3) is 7.07. The number of nitriles is 1. The number of halogens is 3. The van der Waals surface area contributed by atoms with Crippen LogP contribution < -0.4 is 15.4 Å². The van der Waals surface area contributed by atoms with Crippen LogP contribution in [0.25, 0.3) is 16.9 Å². The molecule has 0 saturated carbocycles. The summed E-state index contributed by atoms with van der Waals surface area (Å²) in [6.45, 7) is 4.23. The summed E-state index contributed by atoms with van der Waals surface area (Å²) in [7, 11) is 0. The molecule has 0 aliphatic carbocycles. The third-order valence-electron chi connectivity index (χ3n) is 5.26. The van der Waals surface area contributed by atoms with Gasteiger partial charge in [0, 0.05) is 36.8 Å². The molecule has 2 N–H and O–H groups in total. The van der Waals surface area contributed by atoms with Crippen molar-refractivity contribution in [1.29, 1.82) is 5.26 Å². The van der Waals surface area contributed by atoms with E-state index in [1.165, 1.54) is 31.5 Å². The largest absolute Gasteiger partial charge is 0.476 e. The number of carbonyl (C=O) groups excluding carboxylic acids is 2. The van der Waals surface area contributed by atoms with Gasteiger partial charge in [0.1, 0.15) is 12.4 Å². The number of ether oxygens (including phenoxy) is 2. The first-order chi connectivity index (χ1) is 19.4. The number of anilines is 2. The van der Waals surface area contributed by atoms with Crippen LogP contribution in [0.5, 0.6) is 5.75 Å². The highest BCUT2D eigenvalue weighted by Crippen LogP contribution is 2.32. The van der Waals surface area contributed by atoms with Crippen molar-refractivity contribution in [2.75, 3.05) is 31.7 Å². The molecule has 0 spiro atoms. The summed E-state index contributed by atoms with van der Waals surface area (Å²) in [5.41, 5.74) is 1.42. The number of rotatable bonds is 10. The van der Waals surface area contributed by atoms with Crippen LogP contribution in [-0.2, 0) is 9.53 Å². The van der Waals surface area contributed by atoms with Gasteiger partial charge in [0.25, 0.3) is 5.91 Å². The molecule has 0 saturated heterocycles. The van der Waals surface area contributed by atoms with E-state index >= 15 is 0 Å². The van der Waals surface area contributed by atoms with Gasteiger partial charge in [-0.3, -0.25) is 9.20 Å². The van der Waals surface area contributed by atoms with Gasteiger partial charge in [-0.2, -0.15) is 9.65 Å². The van der Waals surface area contributed by atoms with Crippen LogP contribution in [0.2, 0.25) is 5.02 Å². The van der Waals surface area contributed by atoms with Crippen LogP contribution in [0.4, 0.5) is 20.3 Å². The van der Waals surface area contributed by atoms with Crippen LogP contribution >= 0.6 is 11.6 Å². The summed E-state index contributed by atoms with van der Waals surface area (Å²) >= 11 is 6.33. The average molecular weight is 571 g/mol. The van der Waals surface area contributed by atoms with Gasteiger partial charge in [-0.05, 0) is 44.2 Å². The summed E-state index contributed by atoms with van der Waals surface area (Å²) in [6, 6.07) is 9.11. The lowest BCUT2D eigenvalue weighted by Crippen LogP contribution is -2.27. The van der Waals surface area contributed by atoms with Crippen molar-refractivity contribution in [3.05, 3.63) is 71.1 Å². The second-order valence-corrected chi connectivity index (χ2v) is 8.21. The normalized spacial score (nSPS) is 10.3. The van der Waals surface area contributed by atoms with Gasteiger partial charge in [0.05, 0.1) is 29.1 Å². The lowest BCUT2D eigenvalue weighted by molar-refractivity contribution is -0.106. The molecular weight excluding hydrogens is 546 g/mol. The Kier molecular flexibility index (Phi) is 10.9. The fourth-order valence-corrected chi connectivity index (χ4v) is 3.81. The van der Waals surface area contributed by atoms with Crippen molar-refractivity contribution < 1.29 is 27.8 Å². The third-order valence-corrected chi connectivity index (χ3v) is 5.57. The van der Waals surface area contributed by atoms with Gasteiger partial charge in [-0.15, -0.1) is 0 Å². The van der Waals surface area contributed by atoms with Crippen LogP contribution in [-0.4, -0.2) is 52.9 Å². The summed E-state index contributed by atoms with van der Waals surface area (Å²) < 4.78 is 41.0. The van der Waals surface area contributed by atoms with E-state index in [0.29, 0.717) is 42.5 Å². The Morgan fingerprint density at radius 3 is 2.70 bits per heavy atom. The number of aromatic nitrogens is 3. The first kappa shape index (κ1) is 29.9. The maximum atomic E-state index is 14.8. The van der Waals surface area contributed by atoms with Crippen LogP contribution in [0.15, 0.2) is 48.9 Å². The van der Waals surface area contributed by atoms with E-state index in [4.69, 9.17) is 31.1 Å². The lowest BCUT2D eigenvalue weighted by Gasteiger charge is -2.11.